The lowest BCUT2D eigenvalue weighted by molar-refractivity contribution is -0.945. The summed E-state index contributed by atoms with van der Waals surface area (Å²) in [6, 6.07) is 0.808. The molecular formula is C18H32N5O+. The molecule has 1 unspecified atom stereocenters. The molecule has 3 saturated heterocycles. The Labute approximate surface area is 145 Å². The number of carbonyl (C=O) groups excluding carboxylic acids is 1. The second-order valence-corrected chi connectivity index (χ2v) is 7.90. The summed E-state index contributed by atoms with van der Waals surface area (Å²) < 4.78 is 2.02. The van der Waals surface area contributed by atoms with E-state index in [0.29, 0.717) is 12.0 Å². The minimum Gasteiger partial charge on any atom is -0.353 e. The smallest absolute Gasteiger partial charge is 0.229 e. The van der Waals surface area contributed by atoms with Gasteiger partial charge in [0, 0.05) is 25.1 Å². The van der Waals surface area contributed by atoms with E-state index in [1.165, 1.54) is 25.8 Å². The van der Waals surface area contributed by atoms with Gasteiger partial charge in [-0.25, -0.2) is 4.68 Å². The molecule has 0 aliphatic carbocycles. The standard InChI is InChI=1S/C18H31N5O/c1-4-5-6-15-10-23(21-20-15)11-16-9-14-7-8-22(16)12-17(14)18(24)19-13(2)3/h10,13-14,16-17H,4-9,11-12H2,1-3H3,(H,19,24)/p+1/t14-,16-,17+/m1/s1. The number of aromatic nitrogens is 3. The average molecular weight is 334 g/mol. The van der Waals surface area contributed by atoms with Gasteiger partial charge >= 0.3 is 0 Å². The molecule has 0 radical (unpaired) electrons. The van der Waals surface area contributed by atoms with Crippen molar-refractivity contribution in [1.82, 2.24) is 20.3 Å². The highest BCUT2D eigenvalue weighted by atomic mass is 16.2. The molecule has 3 aliphatic heterocycles. The van der Waals surface area contributed by atoms with Gasteiger partial charge in [-0.15, -0.1) is 5.10 Å². The third kappa shape index (κ3) is 3.97. The maximum Gasteiger partial charge on any atom is 0.229 e. The van der Waals surface area contributed by atoms with E-state index in [9.17, 15) is 4.79 Å². The van der Waals surface area contributed by atoms with Crippen molar-refractivity contribution in [1.29, 1.82) is 0 Å². The van der Waals surface area contributed by atoms with Gasteiger partial charge < -0.3 is 10.2 Å². The second kappa shape index (κ2) is 7.64. The number of rotatable bonds is 7. The molecule has 134 valence electrons. The molecule has 3 fully saturated rings. The van der Waals surface area contributed by atoms with Crippen molar-refractivity contribution in [3.63, 3.8) is 0 Å². The zero-order chi connectivity index (χ0) is 17.1. The van der Waals surface area contributed by atoms with Gasteiger partial charge in [-0.05, 0) is 32.6 Å². The van der Waals surface area contributed by atoms with Crippen LogP contribution in [0.5, 0.6) is 0 Å². The molecule has 4 heterocycles. The maximum atomic E-state index is 12.4. The van der Waals surface area contributed by atoms with Crippen LogP contribution in [0.25, 0.3) is 0 Å². The van der Waals surface area contributed by atoms with Crippen LogP contribution in [0.3, 0.4) is 0 Å². The Bertz CT molecular complexity index is 555. The summed E-state index contributed by atoms with van der Waals surface area (Å²) in [5.41, 5.74) is 1.11. The molecule has 0 spiro atoms. The van der Waals surface area contributed by atoms with Gasteiger partial charge in [0.1, 0.15) is 6.04 Å². The Balaban J connectivity index is 1.56. The van der Waals surface area contributed by atoms with E-state index in [1.807, 2.05) is 18.5 Å². The summed E-state index contributed by atoms with van der Waals surface area (Å²) >= 11 is 0. The first-order valence-corrected chi connectivity index (χ1v) is 9.60. The SMILES string of the molecule is CCCCc1cn(C[C@H]2C[C@H]3CC[NH+]2C[C@@H]3C(=O)NC(C)C)nn1. The lowest BCUT2D eigenvalue weighted by atomic mass is 9.75. The molecule has 6 heteroatoms. The number of nitrogens with one attached hydrogen (secondary N) is 2. The van der Waals surface area contributed by atoms with Crippen LogP contribution in [-0.4, -0.2) is 46.1 Å². The zero-order valence-corrected chi connectivity index (χ0v) is 15.3. The third-order valence-corrected chi connectivity index (χ3v) is 5.60. The minimum absolute atomic E-state index is 0.197. The van der Waals surface area contributed by atoms with Crippen molar-refractivity contribution in [2.45, 2.75) is 71.5 Å². The molecule has 2 N–H and O–H groups in total. The number of piperidine rings is 3. The number of fused-ring (bicyclic) bond motifs is 3. The Hall–Kier alpha value is -1.43. The lowest BCUT2D eigenvalue weighted by Crippen LogP contribution is -3.20. The van der Waals surface area contributed by atoms with Crippen LogP contribution in [0.15, 0.2) is 6.20 Å². The summed E-state index contributed by atoms with van der Waals surface area (Å²) in [5, 5.41) is 11.7. The fraction of sp³-hybridized carbons (Fsp3) is 0.833. The van der Waals surface area contributed by atoms with Gasteiger partial charge in [-0.1, -0.05) is 18.6 Å². The van der Waals surface area contributed by atoms with Gasteiger partial charge in [0.25, 0.3) is 0 Å². The van der Waals surface area contributed by atoms with Crippen LogP contribution in [0.2, 0.25) is 0 Å². The fourth-order valence-electron chi connectivity index (χ4n) is 4.34. The maximum absolute atomic E-state index is 12.4. The van der Waals surface area contributed by atoms with E-state index in [1.54, 1.807) is 4.90 Å². The van der Waals surface area contributed by atoms with E-state index >= 15 is 0 Å². The predicted molar refractivity (Wildman–Crippen MR) is 92.6 cm³/mol. The highest BCUT2D eigenvalue weighted by Gasteiger charge is 2.46. The van der Waals surface area contributed by atoms with Crippen LogP contribution in [0, 0.1) is 11.8 Å². The molecule has 1 aromatic heterocycles. The van der Waals surface area contributed by atoms with E-state index in [-0.39, 0.29) is 17.9 Å². The van der Waals surface area contributed by atoms with Crippen molar-refractivity contribution < 1.29 is 9.69 Å². The summed E-state index contributed by atoms with van der Waals surface area (Å²) in [5.74, 6) is 0.992. The summed E-state index contributed by atoms with van der Waals surface area (Å²) in [6.07, 6.45) is 7.82. The second-order valence-electron chi connectivity index (χ2n) is 7.90. The van der Waals surface area contributed by atoms with Crippen molar-refractivity contribution in [2.24, 2.45) is 11.8 Å². The van der Waals surface area contributed by atoms with Crippen LogP contribution in [0.1, 0.15) is 52.1 Å². The molecule has 24 heavy (non-hydrogen) atoms. The van der Waals surface area contributed by atoms with E-state index in [0.717, 1.165) is 31.6 Å². The normalized spacial score (nSPS) is 29.2. The molecule has 0 aromatic carbocycles. The molecule has 4 rings (SSSR count). The molecule has 1 amide bonds. The third-order valence-electron chi connectivity index (χ3n) is 5.60. The van der Waals surface area contributed by atoms with Gasteiger partial charge in [-0.2, -0.15) is 0 Å². The van der Waals surface area contributed by atoms with E-state index in [4.69, 9.17) is 0 Å². The average Bonchev–Trinajstić information content (AvgIpc) is 3.00. The van der Waals surface area contributed by atoms with E-state index < -0.39 is 0 Å². The summed E-state index contributed by atoms with van der Waals surface area (Å²) in [4.78, 5) is 14.0. The molecule has 6 nitrogen and oxygen atoms in total. The quantitative estimate of drug-likeness (QED) is 0.760. The Morgan fingerprint density at radius 2 is 2.33 bits per heavy atom. The topological polar surface area (TPSA) is 64.2 Å². The first kappa shape index (κ1) is 17.4. The number of quaternary nitrogens is 1. The van der Waals surface area contributed by atoms with Gasteiger partial charge in [0.15, 0.2) is 0 Å². The number of hydrogen-bond acceptors (Lipinski definition) is 3. The van der Waals surface area contributed by atoms with Crippen molar-refractivity contribution in [3.05, 3.63) is 11.9 Å². The minimum atomic E-state index is 0.197. The Morgan fingerprint density at radius 3 is 3.00 bits per heavy atom. The fourth-order valence-corrected chi connectivity index (χ4v) is 4.34. The van der Waals surface area contributed by atoms with Crippen molar-refractivity contribution >= 4 is 5.91 Å². The lowest BCUT2D eigenvalue weighted by Gasteiger charge is -2.46. The van der Waals surface area contributed by atoms with Crippen LogP contribution >= 0.6 is 0 Å². The number of unbranched alkanes of at least 4 members (excludes halogenated alkanes) is 1. The van der Waals surface area contributed by atoms with Crippen molar-refractivity contribution in [2.75, 3.05) is 13.1 Å². The van der Waals surface area contributed by atoms with Crippen molar-refractivity contribution in [3.8, 4) is 0 Å². The van der Waals surface area contributed by atoms with Gasteiger partial charge in [0.05, 0.1) is 31.2 Å². The van der Waals surface area contributed by atoms with E-state index in [2.05, 4.69) is 28.7 Å². The molecule has 1 aromatic rings. The Morgan fingerprint density at radius 1 is 1.50 bits per heavy atom. The first-order chi connectivity index (χ1) is 11.6. The highest BCUT2D eigenvalue weighted by Crippen LogP contribution is 2.27. The molecule has 4 atom stereocenters. The van der Waals surface area contributed by atoms with Crippen LogP contribution in [-0.2, 0) is 17.8 Å². The van der Waals surface area contributed by atoms with Crippen LogP contribution in [0.4, 0.5) is 0 Å². The number of amides is 1. The molecule has 0 saturated carbocycles. The number of nitrogens with zero attached hydrogens (tertiary/aromatic N) is 3. The first-order valence-electron chi connectivity index (χ1n) is 9.60. The predicted octanol–water partition coefficient (Wildman–Crippen LogP) is 0.439. The number of aryl methyl sites for hydroxylation is 1. The largest absolute Gasteiger partial charge is 0.353 e. The Kier molecular flexibility index (Phi) is 5.54. The van der Waals surface area contributed by atoms with Gasteiger partial charge in [0.2, 0.25) is 5.91 Å². The van der Waals surface area contributed by atoms with Gasteiger partial charge in [-0.3, -0.25) is 4.79 Å². The number of carbonyl (C=O) groups is 1. The monoisotopic (exact) mass is 334 g/mol. The highest BCUT2D eigenvalue weighted by molar-refractivity contribution is 5.79. The molecule has 3 aliphatic rings. The van der Waals surface area contributed by atoms with Crippen LogP contribution < -0.4 is 10.2 Å². The summed E-state index contributed by atoms with van der Waals surface area (Å²) in [6.45, 7) is 9.38. The zero-order valence-electron chi connectivity index (χ0n) is 15.3. The molecular weight excluding hydrogens is 302 g/mol. The number of hydrogen-bond donors (Lipinski definition) is 2. The molecule has 2 bridgehead atoms. The summed E-state index contributed by atoms with van der Waals surface area (Å²) in [7, 11) is 0.